The highest BCUT2D eigenvalue weighted by atomic mass is 16.5. The molecule has 0 amide bonds. The first-order valence-electron chi connectivity index (χ1n) is 8.71. The number of nitrogens with one attached hydrogen (secondary N) is 2. The molecule has 2 N–H and O–H groups in total. The van der Waals surface area contributed by atoms with Gasteiger partial charge in [-0.05, 0) is 12.0 Å². The molecule has 0 fully saturated rings. The Balaban J connectivity index is 1.99. The van der Waals surface area contributed by atoms with E-state index < -0.39 is 23.1 Å². The van der Waals surface area contributed by atoms with Crippen LogP contribution in [0.4, 0.5) is 5.82 Å². The van der Waals surface area contributed by atoms with Crippen LogP contribution in [-0.2, 0) is 16.1 Å². The van der Waals surface area contributed by atoms with E-state index >= 15 is 0 Å². The van der Waals surface area contributed by atoms with Crippen LogP contribution in [0.5, 0.6) is 0 Å². The molecular formula is C19H19N3O4. The molecular weight excluding hydrogens is 334 g/mol. The van der Waals surface area contributed by atoms with Gasteiger partial charge in [0.15, 0.2) is 0 Å². The number of cyclic esters (lactones) is 1. The molecule has 1 aromatic carbocycles. The molecule has 0 spiro atoms. The van der Waals surface area contributed by atoms with Crippen molar-refractivity contribution in [3.63, 3.8) is 0 Å². The van der Waals surface area contributed by atoms with Crippen LogP contribution in [0.15, 0.2) is 51.2 Å². The molecule has 26 heavy (non-hydrogen) atoms. The highest BCUT2D eigenvalue weighted by molar-refractivity contribution is 5.96. The summed E-state index contributed by atoms with van der Waals surface area (Å²) in [7, 11) is 0. The lowest BCUT2D eigenvalue weighted by Crippen LogP contribution is -2.38. The van der Waals surface area contributed by atoms with E-state index in [2.05, 4.69) is 10.3 Å². The highest BCUT2D eigenvalue weighted by Crippen LogP contribution is 2.42. The molecule has 7 nitrogen and oxygen atoms in total. The Bertz CT molecular complexity index is 1020. The first-order valence-corrected chi connectivity index (χ1v) is 8.71. The predicted octanol–water partition coefficient (Wildman–Crippen LogP) is 1.70. The van der Waals surface area contributed by atoms with Crippen LogP contribution in [0, 0.1) is 0 Å². The van der Waals surface area contributed by atoms with Crippen LogP contribution >= 0.6 is 0 Å². The van der Waals surface area contributed by atoms with Gasteiger partial charge in [0.05, 0.1) is 22.8 Å². The van der Waals surface area contributed by atoms with E-state index in [4.69, 9.17) is 4.74 Å². The van der Waals surface area contributed by atoms with Crippen LogP contribution in [-0.4, -0.2) is 22.1 Å². The van der Waals surface area contributed by atoms with Gasteiger partial charge in [-0.15, -0.1) is 0 Å². The number of hydrogen-bond donors (Lipinski definition) is 2. The van der Waals surface area contributed by atoms with Crippen molar-refractivity contribution in [2.75, 3.05) is 11.9 Å². The van der Waals surface area contributed by atoms with E-state index in [1.54, 1.807) is 4.57 Å². The van der Waals surface area contributed by atoms with Gasteiger partial charge in [-0.3, -0.25) is 14.3 Å². The second-order valence-corrected chi connectivity index (χ2v) is 6.46. The summed E-state index contributed by atoms with van der Waals surface area (Å²) in [6, 6.07) is 9.34. The quantitative estimate of drug-likeness (QED) is 0.816. The number of unbranched alkanes of at least 4 members (excludes halogenated alkanes) is 1. The van der Waals surface area contributed by atoms with Crippen molar-refractivity contribution in [3.8, 4) is 0 Å². The zero-order valence-electron chi connectivity index (χ0n) is 14.4. The van der Waals surface area contributed by atoms with Crippen LogP contribution in [0.2, 0.25) is 0 Å². The zero-order valence-corrected chi connectivity index (χ0v) is 14.4. The third-order valence-electron chi connectivity index (χ3n) is 4.84. The summed E-state index contributed by atoms with van der Waals surface area (Å²) in [4.78, 5) is 39.8. The molecule has 0 saturated heterocycles. The molecule has 2 aromatic rings. The van der Waals surface area contributed by atoms with Gasteiger partial charge in [-0.25, -0.2) is 9.59 Å². The molecule has 4 rings (SSSR count). The SMILES string of the molecule is CCCCn1c2c(c(=O)[nH]c1=O)[C@@H](c1ccccc1)C1=C(COC1=O)N2. The molecule has 2 aliphatic rings. The topological polar surface area (TPSA) is 93.2 Å². The Kier molecular flexibility index (Phi) is 3.99. The van der Waals surface area contributed by atoms with Gasteiger partial charge in [0.2, 0.25) is 0 Å². The molecule has 0 saturated carbocycles. The fraction of sp³-hybridized carbons (Fsp3) is 0.316. The van der Waals surface area contributed by atoms with Crippen molar-refractivity contribution in [3.05, 3.63) is 73.6 Å². The highest BCUT2D eigenvalue weighted by Gasteiger charge is 2.41. The molecule has 0 radical (unpaired) electrons. The third kappa shape index (κ3) is 2.47. The van der Waals surface area contributed by atoms with Crippen molar-refractivity contribution in [2.24, 2.45) is 0 Å². The normalized spacial score (nSPS) is 18.2. The molecule has 0 aliphatic carbocycles. The summed E-state index contributed by atoms with van der Waals surface area (Å²) >= 11 is 0. The van der Waals surface area contributed by atoms with Gasteiger partial charge in [-0.1, -0.05) is 43.7 Å². The smallest absolute Gasteiger partial charge is 0.337 e. The summed E-state index contributed by atoms with van der Waals surface area (Å²) in [5, 5.41) is 3.12. The van der Waals surface area contributed by atoms with E-state index in [-0.39, 0.29) is 6.61 Å². The van der Waals surface area contributed by atoms with E-state index in [1.807, 2.05) is 37.3 Å². The second kappa shape index (κ2) is 6.33. The predicted molar refractivity (Wildman–Crippen MR) is 96.1 cm³/mol. The molecule has 7 heteroatoms. The molecule has 3 heterocycles. The molecule has 0 bridgehead atoms. The minimum absolute atomic E-state index is 0.117. The number of rotatable bonds is 4. The molecule has 134 valence electrons. The minimum atomic E-state index is -0.560. The number of ether oxygens (including phenoxy) is 1. The lowest BCUT2D eigenvalue weighted by Gasteiger charge is -2.28. The number of nitrogens with zero attached hydrogens (tertiary/aromatic N) is 1. The van der Waals surface area contributed by atoms with E-state index in [1.165, 1.54) is 0 Å². The Hall–Kier alpha value is -3.09. The molecule has 0 unspecified atom stereocenters. The Morgan fingerprint density at radius 2 is 1.96 bits per heavy atom. The van der Waals surface area contributed by atoms with Gasteiger partial charge in [0.1, 0.15) is 12.4 Å². The van der Waals surface area contributed by atoms with Gasteiger partial charge in [-0.2, -0.15) is 0 Å². The van der Waals surface area contributed by atoms with Gasteiger partial charge in [0, 0.05) is 6.54 Å². The summed E-state index contributed by atoms with van der Waals surface area (Å²) in [5.74, 6) is -0.537. The van der Waals surface area contributed by atoms with Crippen LogP contribution in [0.1, 0.15) is 36.8 Å². The third-order valence-corrected chi connectivity index (χ3v) is 4.84. The Morgan fingerprint density at radius 3 is 2.69 bits per heavy atom. The fourth-order valence-corrected chi connectivity index (χ4v) is 3.60. The molecule has 1 atom stereocenters. The van der Waals surface area contributed by atoms with Gasteiger partial charge >= 0.3 is 11.7 Å². The maximum atomic E-state index is 12.7. The van der Waals surface area contributed by atoms with Crippen LogP contribution in [0.3, 0.4) is 0 Å². The number of esters is 1. The maximum absolute atomic E-state index is 12.7. The number of aromatic amines is 1. The van der Waals surface area contributed by atoms with Crippen molar-refractivity contribution >= 4 is 11.8 Å². The number of carbonyl (C=O) groups is 1. The largest absolute Gasteiger partial charge is 0.456 e. The number of carbonyl (C=O) groups excluding carboxylic acids is 1. The summed E-state index contributed by atoms with van der Waals surface area (Å²) in [5.41, 5.74) is 1.32. The lowest BCUT2D eigenvalue weighted by molar-refractivity contribution is -0.136. The number of hydrogen-bond acceptors (Lipinski definition) is 5. The van der Waals surface area contributed by atoms with Crippen molar-refractivity contribution in [1.82, 2.24) is 9.55 Å². The number of benzene rings is 1. The number of H-pyrrole nitrogens is 1. The molecule has 2 aliphatic heterocycles. The van der Waals surface area contributed by atoms with Gasteiger partial charge < -0.3 is 10.1 Å². The fourth-order valence-electron chi connectivity index (χ4n) is 3.60. The Labute approximate surface area is 149 Å². The van der Waals surface area contributed by atoms with Crippen LogP contribution in [0.25, 0.3) is 0 Å². The van der Waals surface area contributed by atoms with Crippen molar-refractivity contribution < 1.29 is 9.53 Å². The van der Waals surface area contributed by atoms with E-state index in [9.17, 15) is 14.4 Å². The average Bonchev–Trinajstić information content (AvgIpc) is 3.01. The van der Waals surface area contributed by atoms with Crippen LogP contribution < -0.4 is 16.6 Å². The minimum Gasteiger partial charge on any atom is -0.456 e. The number of aromatic nitrogens is 2. The monoisotopic (exact) mass is 353 g/mol. The lowest BCUT2D eigenvalue weighted by atomic mass is 9.83. The second-order valence-electron chi connectivity index (χ2n) is 6.46. The Morgan fingerprint density at radius 1 is 1.19 bits per heavy atom. The average molecular weight is 353 g/mol. The number of anilines is 1. The van der Waals surface area contributed by atoms with Gasteiger partial charge in [0.25, 0.3) is 5.56 Å². The van der Waals surface area contributed by atoms with E-state index in [0.29, 0.717) is 29.2 Å². The first kappa shape index (κ1) is 16.4. The van der Waals surface area contributed by atoms with Crippen molar-refractivity contribution in [1.29, 1.82) is 0 Å². The summed E-state index contributed by atoms with van der Waals surface area (Å²) in [6.07, 6.45) is 1.72. The summed E-state index contributed by atoms with van der Waals surface area (Å²) in [6.45, 7) is 2.64. The van der Waals surface area contributed by atoms with E-state index in [0.717, 1.165) is 18.4 Å². The molecule has 1 aromatic heterocycles. The first-order chi connectivity index (χ1) is 12.6. The number of fused-ring (bicyclic) bond motifs is 1. The maximum Gasteiger partial charge on any atom is 0.337 e. The standard InChI is InChI=1S/C19H19N3O4/c1-2-3-9-22-16-15(17(23)21-19(22)25)13(11-7-5-4-6-8-11)14-12(20-16)10-26-18(14)24/h4-8,13,20H,2-3,9-10H2,1H3,(H,21,23,25)/t13-/m0/s1. The van der Waals surface area contributed by atoms with Crippen molar-refractivity contribution in [2.45, 2.75) is 32.2 Å². The zero-order chi connectivity index (χ0) is 18.3. The summed E-state index contributed by atoms with van der Waals surface area (Å²) < 4.78 is 6.74.